The number of ether oxygens (including phenoxy) is 1. The number of nitrogens with zero attached hydrogens (tertiary/aromatic N) is 1. The second-order valence-corrected chi connectivity index (χ2v) is 4.33. The summed E-state index contributed by atoms with van der Waals surface area (Å²) in [7, 11) is 0. The fourth-order valence-corrected chi connectivity index (χ4v) is 1.82. The molecule has 100 valence electrons. The molecule has 0 amide bonds. The van der Waals surface area contributed by atoms with Gasteiger partial charge in [-0.25, -0.2) is 4.98 Å². The van der Waals surface area contributed by atoms with E-state index in [-0.39, 0.29) is 0 Å². The number of aryl methyl sites for hydroxylation is 1. The van der Waals surface area contributed by atoms with Crippen molar-refractivity contribution in [2.75, 3.05) is 11.9 Å². The van der Waals surface area contributed by atoms with E-state index in [1.165, 1.54) is 5.56 Å². The third-order valence-electron chi connectivity index (χ3n) is 2.88. The lowest BCUT2D eigenvalue weighted by molar-refractivity contribution is 0.301. The molecule has 2 aromatic rings. The van der Waals surface area contributed by atoms with Crippen molar-refractivity contribution in [3.05, 3.63) is 53.7 Å². The van der Waals surface area contributed by atoms with Gasteiger partial charge < -0.3 is 10.1 Å². The lowest BCUT2D eigenvalue weighted by Crippen LogP contribution is -2.03. The van der Waals surface area contributed by atoms with Crippen LogP contribution >= 0.6 is 0 Å². The summed E-state index contributed by atoms with van der Waals surface area (Å²) < 4.78 is 5.73. The van der Waals surface area contributed by atoms with Crippen molar-refractivity contribution < 1.29 is 4.74 Å². The highest BCUT2D eigenvalue weighted by molar-refractivity contribution is 5.35. The average Bonchev–Trinajstić information content (AvgIpc) is 2.46. The maximum Gasteiger partial charge on any atom is 0.130 e. The number of rotatable bonds is 6. The van der Waals surface area contributed by atoms with Crippen LogP contribution in [0.3, 0.4) is 0 Å². The van der Waals surface area contributed by atoms with Crippen LogP contribution in [-0.2, 0) is 13.0 Å². The fraction of sp³-hybridized carbons (Fsp3) is 0.312. The number of aromatic nitrogens is 1. The summed E-state index contributed by atoms with van der Waals surface area (Å²) in [6, 6.07) is 14.1. The molecule has 0 saturated carbocycles. The van der Waals surface area contributed by atoms with Gasteiger partial charge in [0.1, 0.15) is 18.2 Å². The van der Waals surface area contributed by atoms with Crippen molar-refractivity contribution in [3.63, 3.8) is 0 Å². The molecule has 1 aromatic carbocycles. The van der Waals surface area contributed by atoms with Crippen LogP contribution in [0.1, 0.15) is 25.1 Å². The van der Waals surface area contributed by atoms with Crippen LogP contribution in [0.5, 0.6) is 5.75 Å². The molecule has 0 bridgehead atoms. The Hall–Kier alpha value is -2.03. The lowest BCUT2D eigenvalue weighted by atomic mass is 10.2. The summed E-state index contributed by atoms with van der Waals surface area (Å²) >= 11 is 0. The van der Waals surface area contributed by atoms with E-state index >= 15 is 0 Å². The van der Waals surface area contributed by atoms with Crippen molar-refractivity contribution >= 4 is 5.82 Å². The first-order valence-corrected chi connectivity index (χ1v) is 6.73. The molecule has 2 rings (SSSR count). The average molecular weight is 256 g/mol. The van der Waals surface area contributed by atoms with E-state index in [1.54, 1.807) is 0 Å². The van der Waals surface area contributed by atoms with Crippen molar-refractivity contribution in [3.8, 4) is 5.75 Å². The summed E-state index contributed by atoms with van der Waals surface area (Å²) in [6.07, 6.45) is 1.05. The zero-order valence-corrected chi connectivity index (χ0v) is 11.5. The van der Waals surface area contributed by atoms with Crippen molar-refractivity contribution in [2.24, 2.45) is 0 Å². The number of hydrogen-bond donors (Lipinski definition) is 1. The Labute approximate surface area is 114 Å². The monoisotopic (exact) mass is 256 g/mol. The van der Waals surface area contributed by atoms with Gasteiger partial charge in [-0.2, -0.15) is 0 Å². The largest absolute Gasteiger partial charge is 0.487 e. The number of pyridine rings is 1. The van der Waals surface area contributed by atoms with Gasteiger partial charge >= 0.3 is 0 Å². The molecule has 19 heavy (non-hydrogen) atoms. The molecule has 0 atom stereocenters. The molecule has 0 aliphatic carbocycles. The number of benzene rings is 1. The Kier molecular flexibility index (Phi) is 4.78. The van der Waals surface area contributed by atoms with E-state index in [2.05, 4.69) is 36.3 Å². The van der Waals surface area contributed by atoms with E-state index in [1.807, 2.05) is 30.3 Å². The third kappa shape index (κ3) is 3.98. The third-order valence-corrected chi connectivity index (χ3v) is 2.88. The number of hydrogen-bond acceptors (Lipinski definition) is 3. The maximum absolute atomic E-state index is 5.73. The molecule has 0 spiro atoms. The highest BCUT2D eigenvalue weighted by Crippen LogP contribution is 2.14. The smallest absolute Gasteiger partial charge is 0.130 e. The molecule has 0 unspecified atom stereocenters. The zero-order chi connectivity index (χ0) is 13.5. The number of nitrogens with one attached hydrogen (secondary N) is 1. The SMILES string of the molecule is CCNc1cccc(COc2ccc(CC)cc2)n1. The minimum Gasteiger partial charge on any atom is -0.487 e. The van der Waals surface area contributed by atoms with Gasteiger partial charge in [-0.3, -0.25) is 0 Å². The molecule has 0 saturated heterocycles. The van der Waals surface area contributed by atoms with Gasteiger partial charge in [-0.1, -0.05) is 25.1 Å². The van der Waals surface area contributed by atoms with Gasteiger partial charge in [0.05, 0.1) is 5.69 Å². The van der Waals surface area contributed by atoms with Crippen molar-refractivity contribution in [1.29, 1.82) is 0 Å². The maximum atomic E-state index is 5.73. The Morgan fingerprint density at radius 3 is 2.53 bits per heavy atom. The summed E-state index contributed by atoms with van der Waals surface area (Å²) in [5, 5.41) is 3.19. The molecule has 1 aromatic heterocycles. The van der Waals surface area contributed by atoms with E-state index < -0.39 is 0 Å². The molecule has 0 aliphatic heterocycles. The Balaban J connectivity index is 1.95. The summed E-state index contributed by atoms with van der Waals surface area (Å²) in [5.41, 5.74) is 2.25. The molecule has 0 radical (unpaired) electrons. The zero-order valence-electron chi connectivity index (χ0n) is 11.5. The standard InChI is InChI=1S/C16H20N2O/c1-3-13-8-10-15(11-9-13)19-12-14-6-5-7-16(18-14)17-4-2/h5-11H,3-4,12H2,1-2H3,(H,17,18). The topological polar surface area (TPSA) is 34.1 Å². The minimum absolute atomic E-state index is 0.491. The van der Waals surface area contributed by atoms with Gasteiger partial charge in [0, 0.05) is 6.54 Å². The van der Waals surface area contributed by atoms with E-state index in [4.69, 9.17) is 4.74 Å². The molecular formula is C16H20N2O. The van der Waals surface area contributed by atoms with Gasteiger partial charge in [-0.05, 0) is 43.2 Å². The van der Waals surface area contributed by atoms with E-state index in [0.717, 1.165) is 30.2 Å². The van der Waals surface area contributed by atoms with Crippen LogP contribution in [0.15, 0.2) is 42.5 Å². The highest BCUT2D eigenvalue weighted by atomic mass is 16.5. The van der Waals surface area contributed by atoms with Crippen LogP contribution in [0.25, 0.3) is 0 Å². The molecule has 3 heteroatoms. The summed E-state index contributed by atoms with van der Waals surface area (Å²) in [5.74, 6) is 1.78. The molecule has 0 fully saturated rings. The Bertz CT molecular complexity index is 508. The first kappa shape index (κ1) is 13.4. The van der Waals surface area contributed by atoms with Gasteiger partial charge in [0.15, 0.2) is 0 Å². The van der Waals surface area contributed by atoms with E-state index in [9.17, 15) is 0 Å². The predicted molar refractivity (Wildman–Crippen MR) is 78.6 cm³/mol. The normalized spacial score (nSPS) is 10.2. The second kappa shape index (κ2) is 6.78. The van der Waals surface area contributed by atoms with Crippen LogP contribution in [0.2, 0.25) is 0 Å². The van der Waals surface area contributed by atoms with Crippen molar-refractivity contribution in [1.82, 2.24) is 4.98 Å². The first-order valence-electron chi connectivity index (χ1n) is 6.73. The molecule has 0 aliphatic rings. The van der Waals surface area contributed by atoms with E-state index in [0.29, 0.717) is 6.61 Å². The predicted octanol–water partition coefficient (Wildman–Crippen LogP) is 3.65. The summed E-state index contributed by atoms with van der Waals surface area (Å²) in [6.45, 7) is 5.56. The quantitative estimate of drug-likeness (QED) is 0.856. The summed E-state index contributed by atoms with van der Waals surface area (Å²) in [4.78, 5) is 4.48. The molecular weight excluding hydrogens is 236 g/mol. The van der Waals surface area contributed by atoms with Gasteiger partial charge in [-0.15, -0.1) is 0 Å². The lowest BCUT2D eigenvalue weighted by Gasteiger charge is -2.08. The minimum atomic E-state index is 0.491. The van der Waals surface area contributed by atoms with Gasteiger partial charge in [0.25, 0.3) is 0 Å². The van der Waals surface area contributed by atoms with Crippen LogP contribution < -0.4 is 10.1 Å². The number of anilines is 1. The van der Waals surface area contributed by atoms with Gasteiger partial charge in [0.2, 0.25) is 0 Å². The van der Waals surface area contributed by atoms with Crippen LogP contribution in [0, 0.1) is 0 Å². The van der Waals surface area contributed by atoms with Crippen LogP contribution in [-0.4, -0.2) is 11.5 Å². The first-order chi connectivity index (χ1) is 9.31. The Morgan fingerprint density at radius 2 is 1.84 bits per heavy atom. The molecule has 1 heterocycles. The molecule has 1 N–H and O–H groups in total. The highest BCUT2D eigenvalue weighted by Gasteiger charge is 1.99. The fourth-order valence-electron chi connectivity index (χ4n) is 1.82. The van der Waals surface area contributed by atoms with Crippen LogP contribution in [0.4, 0.5) is 5.82 Å². The molecule has 3 nitrogen and oxygen atoms in total. The Morgan fingerprint density at radius 1 is 1.05 bits per heavy atom. The second-order valence-electron chi connectivity index (χ2n) is 4.33. The van der Waals surface area contributed by atoms with Crippen molar-refractivity contribution in [2.45, 2.75) is 26.9 Å².